The first kappa shape index (κ1) is 15.4. The summed E-state index contributed by atoms with van der Waals surface area (Å²) in [7, 11) is 1.63. The summed E-state index contributed by atoms with van der Waals surface area (Å²) in [6.45, 7) is 1.14. The Balaban J connectivity index is 1.88. The van der Waals surface area contributed by atoms with Crippen LogP contribution in [0.5, 0.6) is 0 Å². The van der Waals surface area contributed by atoms with Crippen LogP contribution in [0.25, 0.3) is 0 Å². The van der Waals surface area contributed by atoms with Gasteiger partial charge in [0.25, 0.3) is 5.91 Å². The van der Waals surface area contributed by atoms with Gasteiger partial charge in [-0.05, 0) is 36.6 Å². The molecule has 2 heterocycles. The van der Waals surface area contributed by atoms with Crippen LogP contribution in [0.1, 0.15) is 40.5 Å². The Hall–Kier alpha value is -2.47. The monoisotopic (exact) mass is 312 g/mol. The van der Waals surface area contributed by atoms with Crippen molar-refractivity contribution >= 4 is 11.7 Å². The summed E-state index contributed by atoms with van der Waals surface area (Å²) in [6.07, 6.45) is 1.84. The number of hydrogen-bond acceptors (Lipinski definition) is 5. The smallest absolute Gasteiger partial charge is 0.254 e. The zero-order valence-electron chi connectivity index (χ0n) is 13.1. The van der Waals surface area contributed by atoms with Crippen molar-refractivity contribution in [1.82, 2.24) is 15.1 Å². The Morgan fingerprint density at radius 1 is 1.30 bits per heavy atom. The van der Waals surface area contributed by atoms with Gasteiger partial charge in [0.1, 0.15) is 5.82 Å². The van der Waals surface area contributed by atoms with Gasteiger partial charge >= 0.3 is 0 Å². The van der Waals surface area contributed by atoms with E-state index in [2.05, 4.69) is 10.2 Å². The molecule has 0 radical (unpaired) electrons. The van der Waals surface area contributed by atoms with Crippen LogP contribution >= 0.6 is 0 Å². The van der Waals surface area contributed by atoms with Crippen LogP contribution < -0.4 is 5.73 Å². The lowest BCUT2D eigenvalue weighted by Gasteiger charge is -2.25. The minimum atomic E-state index is -0.0498. The number of nitrogens with two attached hydrogens (primary N) is 1. The Kier molecular flexibility index (Phi) is 4.52. The van der Waals surface area contributed by atoms with Crippen LogP contribution in [0.15, 0.2) is 36.4 Å². The second-order valence-electron chi connectivity index (χ2n) is 5.63. The largest absolute Gasteiger partial charge is 0.382 e. The average Bonchev–Trinajstić information content (AvgIpc) is 3.05. The van der Waals surface area contributed by atoms with Gasteiger partial charge in [-0.3, -0.25) is 4.79 Å². The molecule has 2 N–H and O–H groups in total. The molecule has 0 spiro atoms. The number of benzene rings is 1. The fourth-order valence-corrected chi connectivity index (χ4v) is 3.01. The van der Waals surface area contributed by atoms with Crippen molar-refractivity contribution < 1.29 is 9.53 Å². The first-order valence-electron chi connectivity index (χ1n) is 7.67. The molecule has 2 aromatic rings. The molecular weight excluding hydrogens is 292 g/mol. The molecule has 1 atom stereocenters. The summed E-state index contributed by atoms with van der Waals surface area (Å²) in [5.41, 5.74) is 7.96. The third-order valence-corrected chi connectivity index (χ3v) is 4.11. The molecule has 1 fully saturated rings. The maximum atomic E-state index is 13.0. The van der Waals surface area contributed by atoms with Crippen LogP contribution in [0.4, 0.5) is 5.82 Å². The number of amides is 1. The molecule has 1 saturated heterocycles. The lowest BCUT2D eigenvalue weighted by molar-refractivity contribution is 0.0727. The fraction of sp³-hybridized carbons (Fsp3) is 0.353. The molecule has 1 aliphatic rings. The molecule has 6 nitrogen and oxygen atoms in total. The first-order chi connectivity index (χ1) is 11.2. The molecule has 120 valence electrons. The predicted octanol–water partition coefficient (Wildman–Crippen LogP) is 2.18. The SMILES string of the molecule is COCc1ccccc1C(=O)N1CCCC1c1ccc(N)nn1. The van der Waals surface area contributed by atoms with Crippen molar-refractivity contribution in [3.8, 4) is 0 Å². The van der Waals surface area contributed by atoms with Crippen molar-refractivity contribution in [1.29, 1.82) is 0 Å². The number of carbonyl (C=O) groups is 1. The van der Waals surface area contributed by atoms with Crippen molar-refractivity contribution in [2.45, 2.75) is 25.5 Å². The van der Waals surface area contributed by atoms with Gasteiger partial charge in [0.15, 0.2) is 0 Å². The topological polar surface area (TPSA) is 81.3 Å². The number of methoxy groups -OCH3 is 1. The standard InChI is InChI=1S/C17H20N4O2/c1-23-11-12-5-2-3-6-13(12)17(22)21-10-4-7-15(21)14-8-9-16(18)20-19-14/h2-3,5-6,8-9,15H,4,7,10-11H2,1H3,(H2,18,20). The average molecular weight is 312 g/mol. The molecule has 3 rings (SSSR count). The summed E-state index contributed by atoms with van der Waals surface area (Å²) >= 11 is 0. The van der Waals surface area contributed by atoms with E-state index in [1.54, 1.807) is 13.2 Å². The first-order valence-corrected chi connectivity index (χ1v) is 7.67. The predicted molar refractivity (Wildman–Crippen MR) is 86.6 cm³/mol. The Morgan fingerprint density at radius 3 is 2.87 bits per heavy atom. The number of nitrogen functional groups attached to an aromatic ring is 1. The lowest BCUT2D eigenvalue weighted by Crippen LogP contribution is -2.31. The van der Waals surface area contributed by atoms with E-state index in [4.69, 9.17) is 10.5 Å². The number of aromatic nitrogens is 2. The molecule has 0 saturated carbocycles. The van der Waals surface area contributed by atoms with Crippen molar-refractivity contribution in [2.24, 2.45) is 0 Å². The molecule has 1 amide bonds. The van der Waals surface area contributed by atoms with E-state index in [0.29, 0.717) is 18.0 Å². The van der Waals surface area contributed by atoms with Gasteiger partial charge in [-0.1, -0.05) is 18.2 Å². The summed E-state index contributed by atoms with van der Waals surface area (Å²) in [6, 6.07) is 11.1. The maximum Gasteiger partial charge on any atom is 0.254 e. The number of hydrogen-bond donors (Lipinski definition) is 1. The minimum Gasteiger partial charge on any atom is -0.382 e. The third kappa shape index (κ3) is 3.17. The summed E-state index contributed by atoms with van der Waals surface area (Å²) in [5, 5.41) is 8.06. The highest BCUT2D eigenvalue weighted by atomic mass is 16.5. The van der Waals surface area contributed by atoms with Gasteiger partial charge in [-0.15, -0.1) is 5.10 Å². The quantitative estimate of drug-likeness (QED) is 0.936. The van der Waals surface area contributed by atoms with Crippen molar-refractivity contribution in [3.05, 3.63) is 53.2 Å². The summed E-state index contributed by atoms with van der Waals surface area (Å²) in [5.74, 6) is 0.397. The van der Waals surface area contributed by atoms with Crippen LogP contribution in [-0.2, 0) is 11.3 Å². The van der Waals surface area contributed by atoms with Gasteiger partial charge in [0.05, 0.1) is 18.3 Å². The van der Waals surface area contributed by atoms with Crippen LogP contribution in [-0.4, -0.2) is 34.7 Å². The normalized spacial score (nSPS) is 17.4. The van der Waals surface area contributed by atoms with Crippen molar-refractivity contribution in [2.75, 3.05) is 19.4 Å². The van der Waals surface area contributed by atoms with E-state index in [1.807, 2.05) is 35.2 Å². The van der Waals surface area contributed by atoms with E-state index in [1.165, 1.54) is 0 Å². The molecule has 1 aromatic heterocycles. The van der Waals surface area contributed by atoms with Crippen molar-refractivity contribution in [3.63, 3.8) is 0 Å². The highest BCUT2D eigenvalue weighted by Gasteiger charge is 2.32. The highest BCUT2D eigenvalue weighted by molar-refractivity contribution is 5.96. The molecule has 1 aliphatic heterocycles. The van der Waals surface area contributed by atoms with E-state index < -0.39 is 0 Å². The minimum absolute atomic E-state index is 0.0128. The number of ether oxygens (including phenoxy) is 1. The highest BCUT2D eigenvalue weighted by Crippen LogP contribution is 2.32. The molecule has 1 unspecified atom stereocenters. The Morgan fingerprint density at radius 2 is 2.13 bits per heavy atom. The maximum absolute atomic E-state index is 13.0. The molecule has 0 bridgehead atoms. The van der Waals surface area contributed by atoms with E-state index >= 15 is 0 Å². The number of likely N-dealkylation sites (tertiary alicyclic amines) is 1. The fourth-order valence-electron chi connectivity index (χ4n) is 3.01. The van der Waals surface area contributed by atoms with Gasteiger partial charge in [-0.2, -0.15) is 5.10 Å². The molecule has 0 aliphatic carbocycles. The zero-order chi connectivity index (χ0) is 16.2. The zero-order valence-corrected chi connectivity index (χ0v) is 13.1. The Labute approximate surface area is 135 Å². The third-order valence-electron chi connectivity index (χ3n) is 4.11. The van der Waals surface area contributed by atoms with E-state index in [9.17, 15) is 4.79 Å². The van der Waals surface area contributed by atoms with Gasteiger partial charge in [0, 0.05) is 19.2 Å². The molecule has 6 heteroatoms. The Bertz CT molecular complexity index is 687. The summed E-state index contributed by atoms with van der Waals surface area (Å²) in [4.78, 5) is 14.9. The molecular formula is C17H20N4O2. The second-order valence-corrected chi connectivity index (χ2v) is 5.63. The van der Waals surface area contributed by atoms with Crippen LogP contribution in [0, 0.1) is 0 Å². The second kappa shape index (κ2) is 6.75. The van der Waals surface area contributed by atoms with Crippen LogP contribution in [0.3, 0.4) is 0 Å². The van der Waals surface area contributed by atoms with Gasteiger partial charge in [-0.25, -0.2) is 0 Å². The lowest BCUT2D eigenvalue weighted by atomic mass is 10.1. The number of nitrogens with zero attached hydrogens (tertiary/aromatic N) is 3. The van der Waals surface area contributed by atoms with Gasteiger partial charge < -0.3 is 15.4 Å². The summed E-state index contributed by atoms with van der Waals surface area (Å²) < 4.78 is 5.20. The van der Waals surface area contributed by atoms with E-state index in [0.717, 1.165) is 30.6 Å². The number of rotatable bonds is 4. The molecule has 23 heavy (non-hydrogen) atoms. The van der Waals surface area contributed by atoms with Crippen LogP contribution in [0.2, 0.25) is 0 Å². The number of anilines is 1. The van der Waals surface area contributed by atoms with Gasteiger partial charge in [0.2, 0.25) is 0 Å². The number of carbonyl (C=O) groups excluding carboxylic acids is 1. The van der Waals surface area contributed by atoms with E-state index in [-0.39, 0.29) is 11.9 Å². The molecule has 1 aromatic carbocycles.